The Bertz CT molecular complexity index is 380. The average molecular weight is 224 g/mol. The van der Waals surface area contributed by atoms with Gasteiger partial charge in [-0.15, -0.1) is 0 Å². The fourth-order valence-electron chi connectivity index (χ4n) is 1.77. The molecule has 88 valence electrons. The molecule has 0 atom stereocenters. The van der Waals surface area contributed by atoms with Crippen molar-refractivity contribution in [3.8, 4) is 0 Å². The van der Waals surface area contributed by atoms with Gasteiger partial charge in [0, 0.05) is 32.9 Å². The highest BCUT2D eigenvalue weighted by Crippen LogP contribution is 2.12. The first-order valence-electron chi connectivity index (χ1n) is 5.34. The number of nitrogen functional groups attached to an aromatic ring is 1. The Balaban J connectivity index is 2.14. The number of amides is 1. The van der Waals surface area contributed by atoms with Crippen LogP contribution >= 0.6 is 0 Å². The number of ether oxygens (including phenoxy) is 1. The van der Waals surface area contributed by atoms with E-state index in [9.17, 15) is 4.79 Å². The van der Waals surface area contributed by atoms with Gasteiger partial charge in [0.15, 0.2) is 5.69 Å². The highest BCUT2D eigenvalue weighted by atomic mass is 16.5. The molecule has 0 aliphatic carbocycles. The van der Waals surface area contributed by atoms with E-state index in [1.54, 1.807) is 22.8 Å². The first kappa shape index (κ1) is 10.9. The molecule has 6 heteroatoms. The Morgan fingerprint density at radius 3 is 3.00 bits per heavy atom. The highest BCUT2D eigenvalue weighted by Gasteiger charge is 2.21. The van der Waals surface area contributed by atoms with Crippen molar-refractivity contribution in [3.05, 3.63) is 11.9 Å². The van der Waals surface area contributed by atoms with Crippen molar-refractivity contribution in [3.63, 3.8) is 0 Å². The lowest BCUT2D eigenvalue weighted by atomic mass is 10.3. The standard InChI is InChI=1S/C10H16N4O2/c1-13-7-8(11)9(12-13)10(15)14-3-2-5-16-6-4-14/h7H,2-6,11H2,1H3. The van der Waals surface area contributed by atoms with E-state index in [0.717, 1.165) is 6.42 Å². The maximum atomic E-state index is 12.1. The molecular weight excluding hydrogens is 208 g/mol. The summed E-state index contributed by atoms with van der Waals surface area (Å²) in [4.78, 5) is 13.8. The molecule has 0 radical (unpaired) electrons. The summed E-state index contributed by atoms with van der Waals surface area (Å²) in [6.07, 6.45) is 2.50. The molecule has 1 aliphatic heterocycles. The minimum atomic E-state index is -0.108. The van der Waals surface area contributed by atoms with Crippen molar-refractivity contribution in [2.24, 2.45) is 7.05 Å². The molecule has 1 aromatic heterocycles. The molecule has 2 heterocycles. The maximum absolute atomic E-state index is 12.1. The number of carbonyl (C=O) groups is 1. The van der Waals surface area contributed by atoms with E-state index in [1.807, 2.05) is 0 Å². The van der Waals surface area contributed by atoms with E-state index in [0.29, 0.717) is 37.7 Å². The Morgan fingerprint density at radius 2 is 2.31 bits per heavy atom. The van der Waals surface area contributed by atoms with Crippen LogP contribution in [0.25, 0.3) is 0 Å². The van der Waals surface area contributed by atoms with E-state index in [4.69, 9.17) is 10.5 Å². The molecule has 0 unspecified atom stereocenters. The van der Waals surface area contributed by atoms with Gasteiger partial charge in [-0.25, -0.2) is 0 Å². The molecule has 1 amide bonds. The third-order valence-electron chi connectivity index (χ3n) is 2.57. The van der Waals surface area contributed by atoms with Gasteiger partial charge in [0.1, 0.15) is 0 Å². The third kappa shape index (κ3) is 2.16. The van der Waals surface area contributed by atoms with Gasteiger partial charge in [-0.05, 0) is 6.42 Å². The summed E-state index contributed by atoms with van der Waals surface area (Å²) >= 11 is 0. The predicted molar refractivity (Wildman–Crippen MR) is 59.0 cm³/mol. The molecule has 0 spiro atoms. The van der Waals surface area contributed by atoms with Crippen molar-refractivity contribution in [2.75, 3.05) is 32.0 Å². The van der Waals surface area contributed by atoms with Crippen LogP contribution in [0.2, 0.25) is 0 Å². The van der Waals surface area contributed by atoms with Gasteiger partial charge in [-0.2, -0.15) is 5.10 Å². The van der Waals surface area contributed by atoms with Crippen molar-refractivity contribution >= 4 is 11.6 Å². The van der Waals surface area contributed by atoms with Crippen LogP contribution in [0.3, 0.4) is 0 Å². The van der Waals surface area contributed by atoms with E-state index in [2.05, 4.69) is 5.10 Å². The zero-order valence-electron chi connectivity index (χ0n) is 9.35. The number of anilines is 1. The second-order valence-electron chi connectivity index (χ2n) is 3.86. The van der Waals surface area contributed by atoms with Crippen LogP contribution in [0.1, 0.15) is 16.9 Å². The number of nitrogens with two attached hydrogens (primary N) is 1. The largest absolute Gasteiger partial charge is 0.396 e. The van der Waals surface area contributed by atoms with Crippen LogP contribution in [-0.2, 0) is 11.8 Å². The van der Waals surface area contributed by atoms with Crippen molar-refractivity contribution < 1.29 is 9.53 Å². The summed E-state index contributed by atoms with van der Waals surface area (Å²) in [5, 5.41) is 4.08. The first-order chi connectivity index (χ1) is 7.68. The third-order valence-corrected chi connectivity index (χ3v) is 2.57. The second kappa shape index (κ2) is 4.52. The van der Waals surface area contributed by atoms with E-state index in [1.165, 1.54) is 0 Å². The monoisotopic (exact) mass is 224 g/mol. The van der Waals surface area contributed by atoms with Gasteiger partial charge in [0.2, 0.25) is 0 Å². The molecule has 0 saturated carbocycles. The molecular formula is C10H16N4O2. The zero-order valence-corrected chi connectivity index (χ0v) is 9.35. The van der Waals surface area contributed by atoms with E-state index in [-0.39, 0.29) is 5.91 Å². The summed E-state index contributed by atoms with van der Waals surface area (Å²) < 4.78 is 6.85. The number of aromatic nitrogens is 2. The Labute approximate surface area is 94.0 Å². The van der Waals surface area contributed by atoms with Crippen LogP contribution in [0.4, 0.5) is 5.69 Å². The molecule has 1 aromatic rings. The lowest BCUT2D eigenvalue weighted by Gasteiger charge is -2.18. The molecule has 1 aliphatic rings. The van der Waals surface area contributed by atoms with E-state index < -0.39 is 0 Å². The highest BCUT2D eigenvalue weighted by molar-refractivity contribution is 5.97. The molecule has 2 rings (SSSR count). The van der Waals surface area contributed by atoms with Crippen molar-refractivity contribution in [1.82, 2.24) is 14.7 Å². The normalized spacial score (nSPS) is 17.2. The molecule has 1 saturated heterocycles. The number of hydrogen-bond donors (Lipinski definition) is 1. The molecule has 16 heavy (non-hydrogen) atoms. The number of nitrogens with zero attached hydrogens (tertiary/aromatic N) is 3. The van der Waals surface area contributed by atoms with Gasteiger partial charge in [-0.1, -0.05) is 0 Å². The molecule has 1 fully saturated rings. The summed E-state index contributed by atoms with van der Waals surface area (Å²) in [7, 11) is 1.75. The predicted octanol–water partition coefficient (Wildman–Crippen LogP) is -0.135. The Morgan fingerprint density at radius 1 is 1.50 bits per heavy atom. The lowest BCUT2D eigenvalue weighted by Crippen LogP contribution is -2.34. The minimum Gasteiger partial charge on any atom is -0.396 e. The fraction of sp³-hybridized carbons (Fsp3) is 0.600. The smallest absolute Gasteiger partial charge is 0.276 e. The number of hydrogen-bond acceptors (Lipinski definition) is 4. The Kier molecular flexibility index (Phi) is 3.09. The molecule has 0 bridgehead atoms. The first-order valence-corrected chi connectivity index (χ1v) is 5.34. The zero-order chi connectivity index (χ0) is 11.5. The summed E-state index contributed by atoms with van der Waals surface area (Å²) in [6, 6.07) is 0. The molecule has 2 N–H and O–H groups in total. The molecule has 6 nitrogen and oxygen atoms in total. The topological polar surface area (TPSA) is 73.4 Å². The maximum Gasteiger partial charge on any atom is 0.276 e. The SMILES string of the molecule is Cn1cc(N)c(C(=O)N2CCCOCC2)n1. The van der Waals surface area contributed by atoms with Crippen molar-refractivity contribution in [1.29, 1.82) is 0 Å². The van der Waals surface area contributed by atoms with Crippen molar-refractivity contribution in [2.45, 2.75) is 6.42 Å². The number of aryl methyl sites for hydroxylation is 1. The summed E-state index contributed by atoms with van der Waals surface area (Å²) in [5.41, 5.74) is 6.49. The minimum absolute atomic E-state index is 0.108. The summed E-state index contributed by atoms with van der Waals surface area (Å²) in [5.74, 6) is -0.108. The molecule has 0 aromatic carbocycles. The Hall–Kier alpha value is -1.56. The van der Waals surface area contributed by atoms with Crippen LogP contribution in [0, 0.1) is 0 Å². The average Bonchev–Trinajstić information content (AvgIpc) is 2.49. The fourth-order valence-corrected chi connectivity index (χ4v) is 1.77. The van der Waals surface area contributed by atoms with Crippen LogP contribution < -0.4 is 5.73 Å². The van der Waals surface area contributed by atoms with Gasteiger partial charge in [-0.3, -0.25) is 9.48 Å². The van der Waals surface area contributed by atoms with Gasteiger partial charge in [0.25, 0.3) is 5.91 Å². The van der Waals surface area contributed by atoms with Crippen LogP contribution in [0.15, 0.2) is 6.20 Å². The summed E-state index contributed by atoms with van der Waals surface area (Å²) in [6.45, 7) is 2.60. The lowest BCUT2D eigenvalue weighted by molar-refractivity contribution is 0.0736. The quantitative estimate of drug-likeness (QED) is 0.721. The number of rotatable bonds is 1. The van der Waals surface area contributed by atoms with Crippen LogP contribution in [0.5, 0.6) is 0 Å². The second-order valence-corrected chi connectivity index (χ2v) is 3.86. The number of carbonyl (C=O) groups excluding carboxylic acids is 1. The van der Waals surface area contributed by atoms with E-state index >= 15 is 0 Å². The van der Waals surface area contributed by atoms with Gasteiger partial charge < -0.3 is 15.4 Å². The van der Waals surface area contributed by atoms with Crippen LogP contribution in [-0.4, -0.2) is 46.9 Å². The van der Waals surface area contributed by atoms with Gasteiger partial charge in [0.05, 0.1) is 12.3 Å². The van der Waals surface area contributed by atoms with Gasteiger partial charge >= 0.3 is 0 Å².